The predicted molar refractivity (Wildman–Crippen MR) is 87.4 cm³/mol. The molecule has 9 heteroatoms. The van der Waals surface area contributed by atoms with Gasteiger partial charge in [-0.05, 0) is 25.8 Å². The first-order valence-corrected chi connectivity index (χ1v) is 9.98. The number of sulfone groups is 1. The molecule has 1 fully saturated rings. The number of hydrogen-bond donors (Lipinski definition) is 0. The molecule has 0 bridgehead atoms. The van der Waals surface area contributed by atoms with Crippen LogP contribution in [0.5, 0.6) is 0 Å². The maximum Gasteiger partial charge on any atom is 0.278 e. The van der Waals surface area contributed by atoms with Crippen LogP contribution < -0.4 is 0 Å². The Morgan fingerprint density at radius 1 is 1.33 bits per heavy atom. The van der Waals surface area contributed by atoms with Gasteiger partial charge in [-0.3, -0.25) is 4.68 Å². The molecule has 0 amide bonds. The summed E-state index contributed by atoms with van der Waals surface area (Å²) >= 11 is 0. The third-order valence-corrected chi connectivity index (χ3v) is 5.93. The first kappa shape index (κ1) is 17.1. The van der Waals surface area contributed by atoms with Crippen molar-refractivity contribution in [2.75, 3.05) is 24.7 Å². The van der Waals surface area contributed by atoms with Gasteiger partial charge in [0.05, 0.1) is 11.8 Å². The van der Waals surface area contributed by atoms with Gasteiger partial charge in [0.2, 0.25) is 0 Å². The van der Waals surface area contributed by atoms with E-state index in [1.54, 1.807) is 6.92 Å². The number of aromatic nitrogens is 4. The Balaban J connectivity index is 1.73. The molecule has 0 radical (unpaired) electrons. The van der Waals surface area contributed by atoms with E-state index in [9.17, 15) is 8.42 Å². The number of nitrogens with zero attached hydrogens (tertiary/aromatic N) is 4. The van der Waals surface area contributed by atoms with Crippen molar-refractivity contribution in [1.29, 1.82) is 0 Å². The molecule has 8 nitrogen and oxygen atoms in total. The van der Waals surface area contributed by atoms with Gasteiger partial charge in [0.25, 0.3) is 5.89 Å². The third kappa shape index (κ3) is 3.84. The highest BCUT2D eigenvalue weighted by Gasteiger charge is 2.21. The van der Waals surface area contributed by atoms with Gasteiger partial charge in [0, 0.05) is 31.1 Å². The molecule has 0 aliphatic carbocycles. The SMILES string of the molecule is CCS(=O)(=O)CCc1noc(-c2cc(C)n(C3CCOCC3)n2)n1. The van der Waals surface area contributed by atoms with Gasteiger partial charge in [0.15, 0.2) is 11.5 Å². The van der Waals surface area contributed by atoms with Gasteiger partial charge in [-0.25, -0.2) is 8.42 Å². The molecule has 0 spiro atoms. The van der Waals surface area contributed by atoms with Crippen molar-refractivity contribution >= 4 is 9.84 Å². The smallest absolute Gasteiger partial charge is 0.278 e. The molecule has 1 aliphatic rings. The van der Waals surface area contributed by atoms with Crippen molar-refractivity contribution in [3.8, 4) is 11.6 Å². The summed E-state index contributed by atoms with van der Waals surface area (Å²) in [4.78, 5) is 4.27. The Kier molecular flexibility index (Phi) is 5.00. The fourth-order valence-electron chi connectivity index (χ4n) is 2.74. The van der Waals surface area contributed by atoms with E-state index in [0.717, 1.165) is 31.7 Å². The van der Waals surface area contributed by atoms with Crippen molar-refractivity contribution in [3.63, 3.8) is 0 Å². The van der Waals surface area contributed by atoms with Gasteiger partial charge in [-0.1, -0.05) is 12.1 Å². The molecule has 0 atom stereocenters. The number of ether oxygens (including phenoxy) is 1. The molecule has 0 unspecified atom stereocenters. The lowest BCUT2D eigenvalue weighted by atomic mass is 10.1. The van der Waals surface area contributed by atoms with Crippen molar-refractivity contribution in [2.45, 2.75) is 39.2 Å². The lowest BCUT2D eigenvalue weighted by Crippen LogP contribution is -2.21. The molecule has 3 heterocycles. The van der Waals surface area contributed by atoms with E-state index in [-0.39, 0.29) is 17.9 Å². The lowest BCUT2D eigenvalue weighted by Gasteiger charge is -2.23. The van der Waals surface area contributed by atoms with Crippen LogP contribution in [0.3, 0.4) is 0 Å². The average molecular weight is 354 g/mol. The van der Waals surface area contributed by atoms with Crippen molar-refractivity contribution < 1.29 is 17.7 Å². The summed E-state index contributed by atoms with van der Waals surface area (Å²) in [6, 6.07) is 2.24. The second-order valence-corrected chi connectivity index (χ2v) is 8.43. The van der Waals surface area contributed by atoms with E-state index in [1.165, 1.54) is 0 Å². The van der Waals surface area contributed by atoms with E-state index in [2.05, 4.69) is 15.2 Å². The number of hydrogen-bond acceptors (Lipinski definition) is 7. The zero-order valence-corrected chi connectivity index (χ0v) is 14.8. The van der Waals surface area contributed by atoms with E-state index >= 15 is 0 Å². The van der Waals surface area contributed by atoms with Gasteiger partial charge in [-0.15, -0.1) is 0 Å². The van der Waals surface area contributed by atoms with Crippen LogP contribution in [0.1, 0.15) is 37.3 Å². The molecule has 0 saturated carbocycles. The molecular weight excluding hydrogens is 332 g/mol. The van der Waals surface area contributed by atoms with Crippen LogP contribution in [0.25, 0.3) is 11.6 Å². The van der Waals surface area contributed by atoms with Crippen LogP contribution >= 0.6 is 0 Å². The lowest BCUT2D eigenvalue weighted by molar-refractivity contribution is 0.0657. The van der Waals surface area contributed by atoms with E-state index in [0.29, 0.717) is 23.5 Å². The van der Waals surface area contributed by atoms with Gasteiger partial charge in [0.1, 0.15) is 9.84 Å². The first-order valence-electron chi connectivity index (χ1n) is 8.16. The van der Waals surface area contributed by atoms with Crippen molar-refractivity contribution in [1.82, 2.24) is 19.9 Å². The number of rotatable bonds is 6. The Bertz CT molecular complexity index is 790. The summed E-state index contributed by atoms with van der Waals surface area (Å²) in [7, 11) is -3.04. The molecule has 1 saturated heterocycles. The van der Waals surface area contributed by atoms with Crippen LogP contribution in [0.4, 0.5) is 0 Å². The maximum atomic E-state index is 11.6. The summed E-state index contributed by atoms with van der Waals surface area (Å²) in [5.74, 6) is 0.859. The highest BCUT2D eigenvalue weighted by atomic mass is 32.2. The van der Waals surface area contributed by atoms with Crippen LogP contribution in [-0.4, -0.2) is 53.1 Å². The topological polar surface area (TPSA) is 100 Å². The fraction of sp³-hybridized carbons (Fsp3) is 0.667. The molecule has 24 heavy (non-hydrogen) atoms. The number of aryl methyl sites for hydroxylation is 2. The maximum absolute atomic E-state index is 11.6. The van der Waals surface area contributed by atoms with E-state index < -0.39 is 9.84 Å². The highest BCUT2D eigenvalue weighted by Crippen LogP contribution is 2.25. The summed E-state index contributed by atoms with van der Waals surface area (Å²) in [6.07, 6.45) is 2.12. The zero-order chi connectivity index (χ0) is 17.2. The van der Waals surface area contributed by atoms with Gasteiger partial charge >= 0.3 is 0 Å². The quantitative estimate of drug-likeness (QED) is 0.776. The minimum atomic E-state index is -3.04. The largest absolute Gasteiger partial charge is 0.381 e. The van der Waals surface area contributed by atoms with Crippen LogP contribution in [0.2, 0.25) is 0 Å². The van der Waals surface area contributed by atoms with Crippen LogP contribution in [0.15, 0.2) is 10.6 Å². The van der Waals surface area contributed by atoms with Gasteiger partial charge in [-0.2, -0.15) is 10.1 Å². The second kappa shape index (κ2) is 7.02. The molecule has 0 aromatic carbocycles. The molecule has 3 rings (SSSR count). The molecule has 1 aliphatic heterocycles. The Morgan fingerprint density at radius 3 is 2.79 bits per heavy atom. The first-order chi connectivity index (χ1) is 11.5. The normalized spacial score (nSPS) is 16.6. The molecule has 2 aromatic rings. The molecule has 132 valence electrons. The predicted octanol–water partition coefficient (Wildman–Crippen LogP) is 1.57. The monoisotopic (exact) mass is 354 g/mol. The highest BCUT2D eigenvalue weighted by molar-refractivity contribution is 7.91. The summed E-state index contributed by atoms with van der Waals surface area (Å²) in [6.45, 7) is 5.12. The van der Waals surface area contributed by atoms with E-state index in [4.69, 9.17) is 9.26 Å². The molecule has 2 aromatic heterocycles. The molecule has 0 N–H and O–H groups in total. The second-order valence-electron chi connectivity index (χ2n) is 5.96. The minimum absolute atomic E-state index is 0.0258. The van der Waals surface area contributed by atoms with Crippen LogP contribution in [0, 0.1) is 6.92 Å². The summed E-state index contributed by atoms with van der Waals surface area (Å²) in [5.41, 5.74) is 1.65. The summed E-state index contributed by atoms with van der Waals surface area (Å²) in [5, 5.41) is 8.45. The standard InChI is InChI=1S/C15H22N4O4S/c1-3-24(20,21)9-6-14-16-15(23-18-14)13-10-11(2)19(17-13)12-4-7-22-8-5-12/h10,12H,3-9H2,1-2H3. The Hall–Kier alpha value is -1.74. The molecular formula is C15H22N4O4S. The Labute approximate surface area is 141 Å². The average Bonchev–Trinajstić information content (AvgIpc) is 3.20. The van der Waals surface area contributed by atoms with Crippen molar-refractivity contribution in [2.24, 2.45) is 0 Å². The van der Waals surface area contributed by atoms with Crippen LogP contribution in [-0.2, 0) is 21.0 Å². The summed E-state index contributed by atoms with van der Waals surface area (Å²) < 4.78 is 35.7. The Morgan fingerprint density at radius 2 is 2.08 bits per heavy atom. The minimum Gasteiger partial charge on any atom is -0.381 e. The zero-order valence-electron chi connectivity index (χ0n) is 13.9. The fourth-order valence-corrected chi connectivity index (χ4v) is 3.52. The van der Waals surface area contributed by atoms with Gasteiger partial charge < -0.3 is 9.26 Å². The van der Waals surface area contributed by atoms with Crippen molar-refractivity contribution in [3.05, 3.63) is 17.6 Å². The third-order valence-electron chi connectivity index (χ3n) is 4.22. The van der Waals surface area contributed by atoms with E-state index in [1.807, 2.05) is 17.7 Å².